The van der Waals surface area contributed by atoms with Gasteiger partial charge in [-0.05, 0) is 37.7 Å². The average molecular weight is 557 g/mol. The molecule has 4 amide bonds. The molecule has 1 aromatic rings. The standard InChI is InChI=1S/C29H40N4O7/c1-19(2)14-21(26(36)29(3)18-40-29)30-27(37)22(15-20-8-5-4-6-9-20)31-28(38)23-10-7-11-33(23)24(34)16-32-12-13-39-17-25(32)35/h4-6,8-9,19,21-23H,7,10-18H2,1-3H3,(H,30,37)(H,31,38)/t21-,22-,23-,29+/m0/s1. The number of benzene rings is 1. The number of Topliss-reactive ketones (excluding diaryl/α,β-unsaturated/α-hetero) is 1. The van der Waals surface area contributed by atoms with Crippen molar-refractivity contribution in [2.24, 2.45) is 5.92 Å². The first-order valence-electron chi connectivity index (χ1n) is 14.1. The molecule has 3 saturated heterocycles. The minimum Gasteiger partial charge on any atom is -0.370 e. The van der Waals surface area contributed by atoms with E-state index in [1.54, 1.807) is 6.92 Å². The first-order chi connectivity index (χ1) is 19.1. The third-order valence-corrected chi connectivity index (χ3v) is 7.64. The molecule has 3 aliphatic heterocycles. The van der Waals surface area contributed by atoms with Crippen molar-refractivity contribution in [1.82, 2.24) is 20.4 Å². The van der Waals surface area contributed by atoms with Crippen LogP contribution in [-0.2, 0) is 39.9 Å². The molecule has 11 nitrogen and oxygen atoms in total. The molecular formula is C29H40N4O7. The van der Waals surface area contributed by atoms with Gasteiger partial charge >= 0.3 is 0 Å². The number of ketones is 1. The summed E-state index contributed by atoms with van der Waals surface area (Å²) >= 11 is 0. The second-order valence-corrected chi connectivity index (χ2v) is 11.4. The molecule has 0 saturated carbocycles. The average Bonchev–Trinajstić information content (AvgIpc) is 3.47. The lowest BCUT2D eigenvalue weighted by Gasteiger charge is -2.31. The predicted octanol–water partition coefficient (Wildman–Crippen LogP) is 0.453. The van der Waals surface area contributed by atoms with E-state index in [0.717, 1.165) is 5.56 Å². The Hall–Kier alpha value is -3.31. The van der Waals surface area contributed by atoms with E-state index < -0.39 is 35.5 Å². The number of hydrogen-bond acceptors (Lipinski definition) is 7. The van der Waals surface area contributed by atoms with Crippen molar-refractivity contribution in [3.8, 4) is 0 Å². The molecule has 1 aromatic carbocycles. The number of morpholine rings is 1. The summed E-state index contributed by atoms with van der Waals surface area (Å²) in [5.74, 6) is -1.48. The van der Waals surface area contributed by atoms with Crippen LogP contribution >= 0.6 is 0 Å². The summed E-state index contributed by atoms with van der Waals surface area (Å²) in [5.41, 5.74) is -0.0465. The van der Waals surface area contributed by atoms with Gasteiger partial charge in [0.25, 0.3) is 0 Å². The molecule has 3 aliphatic rings. The Morgan fingerprint density at radius 2 is 1.80 bits per heavy atom. The van der Waals surface area contributed by atoms with Crippen molar-refractivity contribution in [2.45, 2.75) is 70.2 Å². The van der Waals surface area contributed by atoms with E-state index in [2.05, 4.69) is 10.6 Å². The van der Waals surface area contributed by atoms with Crippen molar-refractivity contribution in [3.63, 3.8) is 0 Å². The number of nitrogens with zero attached hydrogens (tertiary/aromatic N) is 2. The van der Waals surface area contributed by atoms with Gasteiger partial charge in [0.05, 0.1) is 25.8 Å². The van der Waals surface area contributed by atoms with E-state index in [1.807, 2.05) is 44.2 Å². The Bertz CT molecular complexity index is 1100. The number of nitrogens with one attached hydrogen (secondary N) is 2. The lowest BCUT2D eigenvalue weighted by molar-refractivity contribution is -0.149. The van der Waals surface area contributed by atoms with Crippen molar-refractivity contribution >= 4 is 29.4 Å². The molecule has 2 N–H and O–H groups in total. The second-order valence-electron chi connectivity index (χ2n) is 11.4. The fraction of sp³-hybridized carbons (Fsp3) is 0.621. The van der Waals surface area contributed by atoms with E-state index in [0.29, 0.717) is 45.6 Å². The Kier molecular flexibility index (Phi) is 9.57. The zero-order valence-electron chi connectivity index (χ0n) is 23.5. The van der Waals surface area contributed by atoms with Gasteiger partial charge in [0.1, 0.15) is 24.3 Å². The van der Waals surface area contributed by atoms with Crippen molar-refractivity contribution in [1.29, 1.82) is 0 Å². The van der Waals surface area contributed by atoms with Crippen LogP contribution in [0, 0.1) is 5.92 Å². The molecule has 11 heteroatoms. The van der Waals surface area contributed by atoms with E-state index in [9.17, 15) is 24.0 Å². The van der Waals surface area contributed by atoms with Crippen LogP contribution in [0.3, 0.4) is 0 Å². The van der Waals surface area contributed by atoms with Gasteiger partial charge < -0.3 is 29.9 Å². The summed E-state index contributed by atoms with van der Waals surface area (Å²) in [4.78, 5) is 68.3. The molecule has 4 rings (SSSR count). The molecule has 0 unspecified atom stereocenters. The highest BCUT2D eigenvalue weighted by atomic mass is 16.6. The van der Waals surface area contributed by atoms with Crippen molar-refractivity contribution in [3.05, 3.63) is 35.9 Å². The van der Waals surface area contributed by atoms with Crippen LogP contribution in [0.4, 0.5) is 0 Å². The SMILES string of the molecule is CC(C)C[C@H](NC(=O)[C@H](Cc1ccccc1)NC(=O)[C@@H]1CCCN1C(=O)CN1CCOCC1=O)C(=O)[C@@]1(C)CO1. The normalized spacial score (nSPS) is 24.0. The molecule has 218 valence electrons. The van der Waals surface area contributed by atoms with Crippen LogP contribution in [0.15, 0.2) is 30.3 Å². The fourth-order valence-corrected chi connectivity index (χ4v) is 5.23. The summed E-state index contributed by atoms with van der Waals surface area (Å²) < 4.78 is 10.5. The largest absolute Gasteiger partial charge is 0.370 e. The van der Waals surface area contributed by atoms with E-state index in [1.165, 1.54) is 9.80 Å². The van der Waals surface area contributed by atoms with Gasteiger partial charge in [-0.25, -0.2) is 0 Å². The van der Waals surface area contributed by atoms with Gasteiger partial charge in [0, 0.05) is 19.5 Å². The Balaban J connectivity index is 1.46. The maximum absolute atomic E-state index is 13.6. The monoisotopic (exact) mass is 556 g/mol. The Morgan fingerprint density at radius 1 is 1.07 bits per heavy atom. The van der Waals surface area contributed by atoms with E-state index in [4.69, 9.17) is 9.47 Å². The second kappa shape index (κ2) is 12.9. The lowest BCUT2D eigenvalue weighted by atomic mass is 9.93. The number of ether oxygens (including phenoxy) is 2. The maximum Gasteiger partial charge on any atom is 0.249 e. The molecule has 0 aliphatic carbocycles. The fourth-order valence-electron chi connectivity index (χ4n) is 5.23. The van der Waals surface area contributed by atoms with E-state index in [-0.39, 0.29) is 43.1 Å². The van der Waals surface area contributed by atoms with Gasteiger partial charge in [-0.2, -0.15) is 0 Å². The number of hydrogen-bond donors (Lipinski definition) is 2. The minimum absolute atomic E-state index is 0.0565. The molecule has 0 radical (unpaired) electrons. The highest BCUT2D eigenvalue weighted by molar-refractivity contribution is 5.98. The molecule has 0 aromatic heterocycles. The smallest absolute Gasteiger partial charge is 0.249 e. The molecule has 3 fully saturated rings. The van der Waals surface area contributed by atoms with Gasteiger partial charge in [-0.15, -0.1) is 0 Å². The van der Waals surface area contributed by atoms with E-state index >= 15 is 0 Å². The quantitative estimate of drug-likeness (QED) is 0.357. The number of rotatable bonds is 12. The number of amides is 4. The first kappa shape index (κ1) is 29.7. The number of likely N-dealkylation sites (tertiary alicyclic amines) is 1. The highest BCUT2D eigenvalue weighted by Gasteiger charge is 2.50. The predicted molar refractivity (Wildman–Crippen MR) is 145 cm³/mol. The van der Waals surface area contributed by atoms with Gasteiger partial charge in [-0.3, -0.25) is 24.0 Å². The third kappa shape index (κ3) is 7.45. The number of carbonyl (C=O) groups excluding carboxylic acids is 5. The number of carbonyl (C=O) groups is 5. The Labute approximate surface area is 234 Å². The van der Waals surface area contributed by atoms with Gasteiger partial charge in [0.15, 0.2) is 5.78 Å². The summed E-state index contributed by atoms with van der Waals surface area (Å²) in [6, 6.07) is 6.86. The topological polar surface area (TPSA) is 138 Å². The number of epoxide rings is 1. The molecule has 4 atom stereocenters. The zero-order chi connectivity index (χ0) is 28.9. The molecule has 0 bridgehead atoms. The van der Waals surface area contributed by atoms with Gasteiger partial charge in [0.2, 0.25) is 23.6 Å². The Morgan fingerprint density at radius 3 is 2.45 bits per heavy atom. The van der Waals surface area contributed by atoms with Crippen LogP contribution in [0.25, 0.3) is 0 Å². The molecule has 0 spiro atoms. The first-order valence-corrected chi connectivity index (χ1v) is 14.1. The summed E-state index contributed by atoms with van der Waals surface area (Å²) in [5, 5.41) is 5.75. The van der Waals surface area contributed by atoms with Crippen LogP contribution in [-0.4, -0.2) is 102 Å². The summed E-state index contributed by atoms with van der Waals surface area (Å²) in [7, 11) is 0. The van der Waals surface area contributed by atoms with Crippen LogP contribution in [0.5, 0.6) is 0 Å². The summed E-state index contributed by atoms with van der Waals surface area (Å²) in [6.07, 6.45) is 1.76. The zero-order valence-corrected chi connectivity index (χ0v) is 23.5. The molecular weight excluding hydrogens is 516 g/mol. The van der Waals surface area contributed by atoms with Crippen LogP contribution in [0.2, 0.25) is 0 Å². The maximum atomic E-state index is 13.6. The highest BCUT2D eigenvalue weighted by Crippen LogP contribution is 2.29. The molecule has 3 heterocycles. The van der Waals surface area contributed by atoms with Gasteiger partial charge in [-0.1, -0.05) is 44.2 Å². The van der Waals surface area contributed by atoms with Crippen LogP contribution in [0.1, 0.15) is 45.6 Å². The molecule has 40 heavy (non-hydrogen) atoms. The lowest BCUT2D eigenvalue weighted by Crippen LogP contribution is -2.57. The third-order valence-electron chi connectivity index (χ3n) is 7.64. The minimum atomic E-state index is -0.955. The van der Waals surface area contributed by atoms with Crippen molar-refractivity contribution < 1.29 is 33.4 Å². The summed E-state index contributed by atoms with van der Waals surface area (Å²) in [6.45, 7) is 6.91. The van der Waals surface area contributed by atoms with Crippen LogP contribution < -0.4 is 10.6 Å². The van der Waals surface area contributed by atoms with Crippen molar-refractivity contribution in [2.75, 3.05) is 39.5 Å².